The molecule has 18 atom stereocenters. The van der Waals surface area contributed by atoms with E-state index in [0.29, 0.717) is 12.8 Å². The minimum Gasteiger partial charge on any atom is -0.459 e. The molecule has 0 spiro atoms. The van der Waals surface area contributed by atoms with Crippen molar-refractivity contribution in [1.29, 1.82) is 0 Å². The van der Waals surface area contributed by atoms with Crippen LogP contribution in [-0.4, -0.2) is 137 Å². The van der Waals surface area contributed by atoms with Gasteiger partial charge in [0.15, 0.2) is 24.0 Å². The highest BCUT2D eigenvalue weighted by Crippen LogP contribution is 2.45. The summed E-state index contributed by atoms with van der Waals surface area (Å²) in [5, 5.41) is 34.9. The van der Waals surface area contributed by atoms with Gasteiger partial charge >= 0.3 is 5.97 Å². The van der Waals surface area contributed by atoms with Crippen LogP contribution in [0.1, 0.15) is 94.9 Å². The lowest BCUT2D eigenvalue weighted by Crippen LogP contribution is -2.60. The lowest BCUT2D eigenvalue weighted by Gasteiger charge is -2.48. The van der Waals surface area contributed by atoms with Gasteiger partial charge in [0.25, 0.3) is 0 Å². The normalized spacial score (nSPS) is 51.1. The summed E-state index contributed by atoms with van der Waals surface area (Å²) in [7, 11) is 5.29. The van der Waals surface area contributed by atoms with Crippen molar-refractivity contribution in [1.82, 2.24) is 4.90 Å². The molecule has 3 N–H and O–H groups in total. The van der Waals surface area contributed by atoms with Crippen LogP contribution in [0.3, 0.4) is 0 Å². The van der Waals surface area contributed by atoms with E-state index in [-0.39, 0.29) is 36.7 Å². The Kier molecular flexibility index (Phi) is 13.0. The van der Waals surface area contributed by atoms with Gasteiger partial charge in [0.1, 0.15) is 18.3 Å². The molecule has 4 fully saturated rings. The van der Waals surface area contributed by atoms with Crippen LogP contribution in [0.5, 0.6) is 0 Å². The first-order chi connectivity index (χ1) is 23.1. The number of fused-ring (bicyclic) bond motifs is 2. The van der Waals surface area contributed by atoms with Crippen molar-refractivity contribution in [2.45, 2.75) is 179 Å². The molecule has 13 nitrogen and oxygen atoms in total. The molecule has 0 aromatic heterocycles. The summed E-state index contributed by atoms with van der Waals surface area (Å²) in [4.78, 5) is 29.9. The van der Waals surface area contributed by atoms with Crippen molar-refractivity contribution >= 4 is 11.8 Å². The first-order valence-electron chi connectivity index (χ1n) is 18.5. The summed E-state index contributed by atoms with van der Waals surface area (Å²) < 4.78 is 44.1. The fourth-order valence-corrected chi connectivity index (χ4v) is 9.01. The number of methoxy groups -OCH3 is 1. The Morgan fingerprint density at radius 2 is 1.58 bits per heavy atom. The number of ketones is 1. The number of aliphatic hydroxyl groups is 3. The fraction of sp³-hybridized carbons (Fsp3) is 0.946. The Hall–Kier alpha value is -1.26. The Balaban J connectivity index is 1.82. The lowest BCUT2D eigenvalue weighted by atomic mass is 9.75. The monoisotopic (exact) mass is 715 g/mol. The summed E-state index contributed by atoms with van der Waals surface area (Å²) >= 11 is 0. The predicted octanol–water partition coefficient (Wildman–Crippen LogP) is 2.83. The number of hydrogen-bond donors (Lipinski definition) is 3. The summed E-state index contributed by atoms with van der Waals surface area (Å²) in [6.45, 7) is 17.9. The number of cyclic esters (lactones) is 1. The van der Waals surface area contributed by atoms with Crippen LogP contribution in [0.2, 0.25) is 0 Å². The minimum atomic E-state index is -1.59. The highest BCUT2D eigenvalue weighted by molar-refractivity contribution is 5.92. The molecule has 0 unspecified atom stereocenters. The largest absolute Gasteiger partial charge is 0.459 e. The van der Waals surface area contributed by atoms with E-state index in [2.05, 4.69) is 0 Å². The van der Waals surface area contributed by atoms with Crippen molar-refractivity contribution in [3.8, 4) is 0 Å². The van der Waals surface area contributed by atoms with Crippen molar-refractivity contribution in [3.05, 3.63) is 0 Å². The number of likely N-dealkylation sites (N-methyl/N-ethyl adjacent to an activating group) is 1. The minimum absolute atomic E-state index is 0.156. The van der Waals surface area contributed by atoms with Crippen molar-refractivity contribution in [2.75, 3.05) is 21.2 Å². The van der Waals surface area contributed by atoms with E-state index in [1.54, 1.807) is 34.6 Å². The zero-order valence-electron chi connectivity index (χ0n) is 32.5. The molecule has 0 amide bonds. The maximum Gasteiger partial charge on any atom is 0.311 e. The van der Waals surface area contributed by atoms with E-state index in [1.807, 2.05) is 53.6 Å². The molecule has 4 heterocycles. The number of aliphatic hydroxyl groups excluding tert-OH is 2. The standard InChI is InChI=1S/C37H65NO12/c1-14-25-37(10)30(40)20(4)28(50-37)18(2)16-35(8,43)32(49-34-27(39)24(38(11)12)15-19(3)45-34)21(5)29(22(6)33(42)47-25)48-26-17-36(9,44-13)31(41)23(7)46-26/h18-29,31-32,34,39,41,43H,14-17H2,1-13H3/t18-,19-,20+,21+,22-,23+,24+,25-,26+,27-,28+,29+,31+,32-,34+,35-,36-,37-/m1/s1. The van der Waals surface area contributed by atoms with E-state index in [9.17, 15) is 24.9 Å². The molecule has 2 bridgehead atoms. The molecule has 4 saturated heterocycles. The third-order valence-electron chi connectivity index (χ3n) is 12.1. The van der Waals surface area contributed by atoms with E-state index >= 15 is 0 Å². The zero-order valence-corrected chi connectivity index (χ0v) is 32.5. The molecule has 4 aliphatic rings. The Bertz CT molecular complexity index is 1190. The number of esters is 1. The van der Waals surface area contributed by atoms with Gasteiger partial charge in [-0.2, -0.15) is 0 Å². The van der Waals surface area contributed by atoms with Crippen LogP contribution >= 0.6 is 0 Å². The number of hydrogen-bond acceptors (Lipinski definition) is 13. The number of nitrogens with zero attached hydrogens (tertiary/aromatic N) is 1. The quantitative estimate of drug-likeness (QED) is 0.330. The molecule has 0 radical (unpaired) electrons. The smallest absolute Gasteiger partial charge is 0.311 e. The van der Waals surface area contributed by atoms with Gasteiger partial charge < -0.3 is 53.4 Å². The van der Waals surface area contributed by atoms with Gasteiger partial charge in [0, 0.05) is 31.4 Å². The average Bonchev–Trinajstić information content (AvgIpc) is 3.28. The molecule has 4 rings (SSSR count). The molecule has 0 aromatic rings. The summed E-state index contributed by atoms with van der Waals surface area (Å²) in [6.07, 6.45) is -7.07. The van der Waals surface area contributed by atoms with Gasteiger partial charge in [-0.1, -0.05) is 27.7 Å². The fourth-order valence-electron chi connectivity index (χ4n) is 9.01. The second-order valence-corrected chi connectivity index (χ2v) is 16.5. The molecule has 4 aliphatic heterocycles. The molecule has 50 heavy (non-hydrogen) atoms. The molecule has 0 aromatic carbocycles. The molecule has 0 aliphatic carbocycles. The Morgan fingerprint density at radius 1 is 0.940 bits per heavy atom. The molecule has 0 saturated carbocycles. The predicted molar refractivity (Wildman–Crippen MR) is 183 cm³/mol. The Labute approximate surface area is 298 Å². The van der Waals surface area contributed by atoms with Gasteiger partial charge in [-0.25, -0.2) is 0 Å². The highest BCUT2D eigenvalue weighted by Gasteiger charge is 2.58. The average molecular weight is 716 g/mol. The van der Waals surface area contributed by atoms with Crippen LogP contribution in [0.15, 0.2) is 0 Å². The van der Waals surface area contributed by atoms with Gasteiger partial charge in [0.2, 0.25) is 0 Å². The SMILES string of the molecule is CC[C@H]1OC(=O)[C@H](C)[C@@H](O[C@H]2C[C@@](C)(OC)[C@@H](O)[C@H](C)O2)[C@H](C)[C@@H](O[C@@H]2O[C@H](C)C[C@H](N(C)C)[C@H]2O)[C@](C)(O)C[C@@H](C)[C@@H]2O[C@@]1(C)C(=O)[C@H]2C. The van der Waals surface area contributed by atoms with Gasteiger partial charge in [-0.3, -0.25) is 9.59 Å². The third kappa shape index (κ3) is 7.97. The number of ether oxygens (including phenoxy) is 7. The zero-order chi connectivity index (χ0) is 37.7. The van der Waals surface area contributed by atoms with Crippen molar-refractivity contribution in [3.63, 3.8) is 0 Å². The van der Waals surface area contributed by atoms with Crippen molar-refractivity contribution < 1.29 is 58.1 Å². The second-order valence-electron chi connectivity index (χ2n) is 16.5. The van der Waals surface area contributed by atoms with E-state index < -0.39 is 95.8 Å². The summed E-state index contributed by atoms with van der Waals surface area (Å²) in [5.41, 5.74) is -3.97. The Morgan fingerprint density at radius 3 is 2.16 bits per heavy atom. The maximum atomic E-state index is 14.2. The first kappa shape index (κ1) is 41.5. The van der Waals surface area contributed by atoms with E-state index in [1.165, 1.54) is 7.11 Å². The molecular weight excluding hydrogens is 650 g/mol. The van der Waals surface area contributed by atoms with Gasteiger partial charge in [-0.15, -0.1) is 0 Å². The number of rotatable bonds is 7. The van der Waals surface area contributed by atoms with Crippen molar-refractivity contribution in [2.24, 2.45) is 23.7 Å². The van der Waals surface area contributed by atoms with E-state index in [4.69, 9.17) is 33.2 Å². The summed E-state index contributed by atoms with van der Waals surface area (Å²) in [5.74, 6) is -3.25. The highest BCUT2D eigenvalue weighted by atomic mass is 16.7. The first-order valence-corrected chi connectivity index (χ1v) is 18.5. The third-order valence-corrected chi connectivity index (χ3v) is 12.1. The topological polar surface area (TPSA) is 163 Å². The van der Waals surface area contributed by atoms with Crippen LogP contribution in [0, 0.1) is 23.7 Å². The molecule has 13 heteroatoms. The van der Waals surface area contributed by atoms with Gasteiger partial charge in [0.05, 0.1) is 47.6 Å². The lowest BCUT2D eigenvalue weighted by molar-refractivity contribution is -0.318. The molecule has 290 valence electrons. The maximum absolute atomic E-state index is 14.2. The van der Waals surface area contributed by atoms with Crippen LogP contribution in [0.4, 0.5) is 0 Å². The summed E-state index contributed by atoms with van der Waals surface area (Å²) in [6, 6.07) is -0.267. The number of Topliss-reactive ketones (excluding diaryl/α,β-unsaturated/α-hetero) is 1. The van der Waals surface area contributed by atoms with Crippen LogP contribution in [0.25, 0.3) is 0 Å². The number of carbonyl (C=O) groups excluding carboxylic acids is 2. The number of carbonyl (C=O) groups is 2. The van der Waals surface area contributed by atoms with Crippen LogP contribution < -0.4 is 0 Å². The molecular formula is C37H65NO12. The van der Waals surface area contributed by atoms with Gasteiger partial charge in [-0.05, 0) is 80.8 Å². The van der Waals surface area contributed by atoms with Crippen LogP contribution in [-0.2, 0) is 42.7 Å². The van der Waals surface area contributed by atoms with E-state index in [0.717, 1.165) is 0 Å². The second kappa shape index (κ2) is 15.6.